The number of likely N-dealkylation sites (tertiary alicyclic amines) is 1. The molecule has 4 rings (SSSR count). The minimum Gasteiger partial charge on any atom is -0.395 e. The van der Waals surface area contributed by atoms with Crippen molar-refractivity contribution in [1.29, 1.82) is 0 Å². The molecule has 0 aliphatic carbocycles. The molecular formula is C26H35N3OS2. The van der Waals surface area contributed by atoms with E-state index in [0.717, 1.165) is 43.0 Å². The highest BCUT2D eigenvalue weighted by atomic mass is 32.2. The molecule has 0 bridgehead atoms. The highest BCUT2D eigenvalue weighted by Gasteiger charge is 2.31. The van der Waals surface area contributed by atoms with E-state index in [-0.39, 0.29) is 18.7 Å². The van der Waals surface area contributed by atoms with Gasteiger partial charge in [-0.3, -0.25) is 4.90 Å². The molecule has 0 saturated carbocycles. The van der Waals surface area contributed by atoms with Gasteiger partial charge in [-0.15, -0.1) is 0 Å². The molecule has 0 amide bonds. The monoisotopic (exact) mass is 469 g/mol. The van der Waals surface area contributed by atoms with Crippen molar-refractivity contribution in [2.24, 2.45) is 5.92 Å². The highest BCUT2D eigenvalue weighted by molar-refractivity contribution is 7.99. The quantitative estimate of drug-likeness (QED) is 0.501. The third-order valence-corrected chi connectivity index (χ3v) is 7.99. The molecule has 1 saturated heterocycles. The number of rotatable bonds is 8. The SMILES string of the molecule is CC(C)CCNC(=S)c1ccc2c(c1)N(C(C)CN1CCC[C@@H]1CO)c1ccccc1S2. The van der Waals surface area contributed by atoms with Crippen LogP contribution in [0.5, 0.6) is 0 Å². The summed E-state index contributed by atoms with van der Waals surface area (Å²) < 4.78 is 0. The van der Waals surface area contributed by atoms with E-state index in [4.69, 9.17) is 12.2 Å². The number of hydrogen-bond donors (Lipinski definition) is 2. The number of thiocarbonyl (C=S) groups is 1. The number of nitrogens with zero attached hydrogens (tertiary/aromatic N) is 2. The van der Waals surface area contributed by atoms with Gasteiger partial charge >= 0.3 is 0 Å². The smallest absolute Gasteiger partial charge is 0.106 e. The fourth-order valence-electron chi connectivity index (χ4n) is 4.74. The third-order valence-electron chi connectivity index (χ3n) is 6.48. The Bertz CT molecular complexity index is 948. The Hall–Kier alpha value is -1.60. The van der Waals surface area contributed by atoms with Gasteiger partial charge in [0, 0.05) is 40.5 Å². The summed E-state index contributed by atoms with van der Waals surface area (Å²) in [4.78, 5) is 8.32. The number of aliphatic hydroxyl groups is 1. The van der Waals surface area contributed by atoms with E-state index in [1.54, 1.807) is 0 Å². The Morgan fingerprint density at radius 1 is 1.16 bits per heavy atom. The van der Waals surface area contributed by atoms with Crippen LogP contribution in [0, 0.1) is 5.92 Å². The average Bonchev–Trinajstić information content (AvgIpc) is 3.23. The lowest BCUT2D eigenvalue weighted by Gasteiger charge is -2.39. The van der Waals surface area contributed by atoms with Gasteiger partial charge in [-0.2, -0.15) is 0 Å². The van der Waals surface area contributed by atoms with Gasteiger partial charge in [0.15, 0.2) is 0 Å². The Labute approximate surface area is 202 Å². The van der Waals surface area contributed by atoms with Crippen molar-refractivity contribution >= 4 is 40.3 Å². The Morgan fingerprint density at radius 2 is 1.94 bits per heavy atom. The summed E-state index contributed by atoms with van der Waals surface area (Å²) in [5.74, 6) is 0.659. The maximum Gasteiger partial charge on any atom is 0.106 e. The molecule has 2 aliphatic heterocycles. The molecule has 4 nitrogen and oxygen atoms in total. The number of para-hydroxylation sites is 1. The fourth-order valence-corrected chi connectivity index (χ4v) is 6.02. The molecular weight excluding hydrogens is 434 g/mol. The number of anilines is 2. The van der Waals surface area contributed by atoms with Crippen LogP contribution in [0.3, 0.4) is 0 Å². The van der Waals surface area contributed by atoms with Crippen LogP contribution in [-0.2, 0) is 0 Å². The predicted octanol–water partition coefficient (Wildman–Crippen LogP) is 5.45. The first-order valence-electron chi connectivity index (χ1n) is 11.8. The summed E-state index contributed by atoms with van der Waals surface area (Å²) in [6.45, 7) is 9.92. The van der Waals surface area contributed by atoms with Crippen molar-refractivity contribution in [3.8, 4) is 0 Å². The maximum absolute atomic E-state index is 9.80. The lowest BCUT2D eigenvalue weighted by Crippen LogP contribution is -2.44. The summed E-state index contributed by atoms with van der Waals surface area (Å²) in [5.41, 5.74) is 3.56. The molecule has 0 radical (unpaired) electrons. The van der Waals surface area contributed by atoms with Crippen molar-refractivity contribution in [3.05, 3.63) is 48.0 Å². The fraction of sp³-hybridized carbons (Fsp3) is 0.500. The molecule has 32 heavy (non-hydrogen) atoms. The van der Waals surface area contributed by atoms with Crippen LogP contribution in [0.1, 0.15) is 45.6 Å². The second kappa shape index (κ2) is 10.6. The number of fused-ring (bicyclic) bond motifs is 2. The van der Waals surface area contributed by atoms with Gasteiger partial charge < -0.3 is 15.3 Å². The molecule has 0 spiro atoms. The van der Waals surface area contributed by atoms with E-state index in [9.17, 15) is 5.11 Å². The first-order valence-corrected chi connectivity index (χ1v) is 13.0. The largest absolute Gasteiger partial charge is 0.395 e. The minimum absolute atomic E-state index is 0.246. The molecule has 0 aromatic heterocycles. The van der Waals surface area contributed by atoms with Gasteiger partial charge in [0.1, 0.15) is 4.99 Å². The zero-order valence-corrected chi connectivity index (χ0v) is 21.0. The predicted molar refractivity (Wildman–Crippen MR) is 139 cm³/mol. The number of aliphatic hydroxyl groups excluding tert-OH is 1. The van der Waals surface area contributed by atoms with E-state index in [1.165, 1.54) is 27.6 Å². The van der Waals surface area contributed by atoms with Gasteiger partial charge in [-0.25, -0.2) is 0 Å². The second-order valence-electron chi connectivity index (χ2n) is 9.38. The number of nitrogens with one attached hydrogen (secondary N) is 1. The van der Waals surface area contributed by atoms with Crippen molar-refractivity contribution in [3.63, 3.8) is 0 Å². The van der Waals surface area contributed by atoms with Crippen molar-refractivity contribution in [1.82, 2.24) is 10.2 Å². The second-order valence-corrected chi connectivity index (χ2v) is 10.9. The molecule has 172 valence electrons. The van der Waals surface area contributed by atoms with E-state index in [0.29, 0.717) is 5.92 Å². The lowest BCUT2D eigenvalue weighted by molar-refractivity contribution is 0.154. The summed E-state index contributed by atoms with van der Waals surface area (Å²) in [6.07, 6.45) is 3.37. The van der Waals surface area contributed by atoms with Crippen LogP contribution in [0.4, 0.5) is 11.4 Å². The van der Waals surface area contributed by atoms with E-state index in [2.05, 4.69) is 78.4 Å². The molecule has 2 heterocycles. The lowest BCUT2D eigenvalue weighted by atomic mass is 10.1. The molecule has 1 fully saturated rings. The molecule has 2 N–H and O–H groups in total. The van der Waals surface area contributed by atoms with Crippen LogP contribution >= 0.6 is 24.0 Å². The number of hydrogen-bond acceptors (Lipinski definition) is 5. The standard InChI is InChI=1S/C26H35N3OS2/c1-18(2)12-13-27-26(31)20-10-11-25-23(15-20)29(22-8-4-5-9-24(22)32-25)19(3)16-28-14-6-7-21(28)17-30/h4-5,8-11,15,18-19,21,30H,6-7,12-14,16-17H2,1-3H3,(H,27,31)/t19?,21-/m1/s1. The Balaban J connectivity index is 1.62. The van der Waals surface area contributed by atoms with E-state index in [1.807, 2.05) is 11.8 Å². The van der Waals surface area contributed by atoms with E-state index >= 15 is 0 Å². The first kappa shape index (κ1) is 23.6. The van der Waals surface area contributed by atoms with Gasteiger partial charge in [0.05, 0.1) is 18.0 Å². The molecule has 2 atom stereocenters. The van der Waals surface area contributed by atoms with Gasteiger partial charge in [-0.1, -0.05) is 56.0 Å². The van der Waals surface area contributed by atoms with Crippen LogP contribution < -0.4 is 10.2 Å². The topological polar surface area (TPSA) is 38.7 Å². The van der Waals surface area contributed by atoms with Crippen LogP contribution in [0.15, 0.2) is 52.3 Å². The minimum atomic E-state index is 0.246. The summed E-state index contributed by atoms with van der Waals surface area (Å²) >= 11 is 7.57. The first-order chi connectivity index (χ1) is 15.5. The van der Waals surface area contributed by atoms with E-state index < -0.39 is 0 Å². The van der Waals surface area contributed by atoms with Crippen molar-refractivity contribution in [2.75, 3.05) is 31.1 Å². The van der Waals surface area contributed by atoms with Gasteiger partial charge in [0.25, 0.3) is 0 Å². The molecule has 2 aromatic carbocycles. The summed E-state index contributed by atoms with van der Waals surface area (Å²) in [5, 5.41) is 13.2. The summed E-state index contributed by atoms with van der Waals surface area (Å²) in [6, 6.07) is 15.9. The average molecular weight is 470 g/mol. The van der Waals surface area contributed by atoms with Crippen LogP contribution in [0.25, 0.3) is 0 Å². The third kappa shape index (κ3) is 5.14. The number of benzene rings is 2. The van der Waals surface area contributed by atoms with Gasteiger partial charge in [0.2, 0.25) is 0 Å². The Morgan fingerprint density at radius 3 is 2.72 bits per heavy atom. The van der Waals surface area contributed by atoms with Gasteiger partial charge in [-0.05, 0) is 62.9 Å². The highest BCUT2D eigenvalue weighted by Crippen LogP contribution is 2.49. The Kier molecular flexibility index (Phi) is 7.77. The summed E-state index contributed by atoms with van der Waals surface area (Å²) in [7, 11) is 0. The molecule has 1 unspecified atom stereocenters. The zero-order chi connectivity index (χ0) is 22.7. The molecule has 6 heteroatoms. The van der Waals surface area contributed by atoms with Crippen LogP contribution in [-0.4, -0.2) is 53.3 Å². The van der Waals surface area contributed by atoms with Crippen LogP contribution in [0.2, 0.25) is 0 Å². The van der Waals surface area contributed by atoms with Crippen molar-refractivity contribution in [2.45, 2.75) is 61.9 Å². The molecule has 2 aliphatic rings. The zero-order valence-electron chi connectivity index (χ0n) is 19.4. The van der Waals surface area contributed by atoms with Crippen molar-refractivity contribution < 1.29 is 5.11 Å². The normalized spacial score (nSPS) is 19.0. The maximum atomic E-state index is 9.80. The molecule has 2 aromatic rings.